The quantitative estimate of drug-likeness (QED) is 0.569. The molecule has 1 fully saturated rings. The van der Waals surface area contributed by atoms with Crippen molar-refractivity contribution in [3.63, 3.8) is 0 Å². The summed E-state index contributed by atoms with van der Waals surface area (Å²) in [5, 5.41) is 6.00. The molecule has 2 aromatic rings. The third kappa shape index (κ3) is 5.13. The Kier molecular flexibility index (Phi) is 6.77. The summed E-state index contributed by atoms with van der Waals surface area (Å²) in [4.78, 5) is 25.0. The molecule has 0 saturated heterocycles. The molecule has 0 atom stereocenters. The summed E-state index contributed by atoms with van der Waals surface area (Å²) in [6.45, 7) is 0. The van der Waals surface area contributed by atoms with E-state index < -0.39 is 0 Å². The number of rotatable bonds is 5. The number of amides is 1. The van der Waals surface area contributed by atoms with E-state index >= 15 is 0 Å². The maximum atomic E-state index is 12.6. The number of anilines is 1. The van der Waals surface area contributed by atoms with E-state index in [-0.39, 0.29) is 11.6 Å². The molecule has 1 aliphatic carbocycles. The van der Waals surface area contributed by atoms with Gasteiger partial charge in [0.1, 0.15) is 10.8 Å². The van der Waals surface area contributed by atoms with Crippen LogP contribution in [0.5, 0.6) is 0 Å². The average molecular weight is 444 g/mol. The average Bonchev–Trinajstić information content (AvgIpc) is 3.31. The van der Waals surface area contributed by atoms with Crippen molar-refractivity contribution < 1.29 is 4.79 Å². The Labute approximate surface area is 184 Å². The standard InChI is InChI=1S/C22H25N3OS3/c1-27-17-9-6-8-16(14-17)23-19(26)15-29-21-20(18-10-7-13-28-18)24-22(25-21)11-4-2-3-5-12-22/h6-10,13-14H,2-5,11-12,15H2,1H3,(H,23,26). The summed E-state index contributed by atoms with van der Waals surface area (Å²) in [7, 11) is 0. The minimum absolute atomic E-state index is 0.0108. The highest BCUT2D eigenvalue weighted by Crippen LogP contribution is 2.38. The lowest BCUT2D eigenvalue weighted by atomic mass is 10.0. The van der Waals surface area contributed by atoms with Crippen LogP contribution in [0, 0.1) is 0 Å². The molecule has 152 valence electrons. The Morgan fingerprint density at radius 1 is 1.14 bits per heavy atom. The number of thiophene rings is 1. The van der Waals surface area contributed by atoms with Crippen LogP contribution in [0.3, 0.4) is 0 Å². The van der Waals surface area contributed by atoms with Gasteiger partial charge in [0.15, 0.2) is 5.66 Å². The van der Waals surface area contributed by atoms with Crippen LogP contribution in [0.2, 0.25) is 0 Å². The molecule has 1 saturated carbocycles. The number of nitrogens with one attached hydrogen (secondary N) is 1. The van der Waals surface area contributed by atoms with Crippen LogP contribution in [0.25, 0.3) is 0 Å². The zero-order valence-electron chi connectivity index (χ0n) is 16.5. The van der Waals surface area contributed by atoms with Crippen LogP contribution in [0.4, 0.5) is 5.69 Å². The van der Waals surface area contributed by atoms with Crippen molar-refractivity contribution in [3.05, 3.63) is 46.7 Å². The minimum Gasteiger partial charge on any atom is -0.325 e. The van der Waals surface area contributed by atoms with Crippen LogP contribution < -0.4 is 5.32 Å². The van der Waals surface area contributed by atoms with Crippen LogP contribution >= 0.6 is 34.9 Å². The molecule has 2 heterocycles. The van der Waals surface area contributed by atoms with Crippen molar-refractivity contribution in [2.75, 3.05) is 17.3 Å². The summed E-state index contributed by atoms with van der Waals surface area (Å²) in [6, 6.07) is 12.1. The number of hydrogen-bond acceptors (Lipinski definition) is 6. The number of carbonyl (C=O) groups excluding carboxylic acids is 1. The molecule has 0 unspecified atom stereocenters. The van der Waals surface area contributed by atoms with E-state index in [0.29, 0.717) is 5.75 Å². The van der Waals surface area contributed by atoms with E-state index in [1.807, 2.05) is 36.6 Å². The SMILES string of the molecule is CSc1cccc(NC(=O)CSC2=NC3(CCCCCC3)N=C2c2cccs2)c1. The van der Waals surface area contributed by atoms with Gasteiger partial charge in [0.05, 0.1) is 10.6 Å². The first kappa shape index (κ1) is 20.7. The van der Waals surface area contributed by atoms with Gasteiger partial charge in [-0.15, -0.1) is 23.1 Å². The highest BCUT2D eigenvalue weighted by atomic mass is 32.2. The highest BCUT2D eigenvalue weighted by Gasteiger charge is 2.37. The zero-order chi connectivity index (χ0) is 20.1. The summed E-state index contributed by atoms with van der Waals surface area (Å²) in [5.41, 5.74) is 1.51. The van der Waals surface area contributed by atoms with Crippen molar-refractivity contribution in [1.82, 2.24) is 0 Å². The molecule has 1 aromatic heterocycles. The molecule has 0 bridgehead atoms. The Bertz CT molecular complexity index is 913. The monoisotopic (exact) mass is 443 g/mol. The smallest absolute Gasteiger partial charge is 0.234 e. The molecule has 1 aliphatic heterocycles. The van der Waals surface area contributed by atoms with Gasteiger partial charge in [-0.1, -0.05) is 36.7 Å². The van der Waals surface area contributed by atoms with Gasteiger partial charge in [-0.05, 0) is 61.6 Å². The first-order valence-corrected chi connectivity index (χ1v) is 13.1. The predicted octanol–water partition coefficient (Wildman–Crippen LogP) is 6.09. The first-order valence-electron chi connectivity index (χ1n) is 9.98. The molecular formula is C22H25N3OS3. The second-order valence-electron chi connectivity index (χ2n) is 7.32. The number of hydrogen-bond donors (Lipinski definition) is 1. The van der Waals surface area contributed by atoms with E-state index in [4.69, 9.17) is 9.98 Å². The highest BCUT2D eigenvalue weighted by molar-refractivity contribution is 8.16. The molecule has 1 amide bonds. The predicted molar refractivity (Wildman–Crippen MR) is 128 cm³/mol. The Morgan fingerprint density at radius 2 is 1.97 bits per heavy atom. The summed E-state index contributed by atoms with van der Waals surface area (Å²) < 4.78 is 0. The van der Waals surface area contributed by atoms with Gasteiger partial charge in [-0.3, -0.25) is 9.79 Å². The lowest BCUT2D eigenvalue weighted by Crippen LogP contribution is -2.20. The van der Waals surface area contributed by atoms with E-state index in [9.17, 15) is 4.79 Å². The van der Waals surface area contributed by atoms with Crippen molar-refractivity contribution in [2.45, 2.75) is 49.1 Å². The topological polar surface area (TPSA) is 53.8 Å². The van der Waals surface area contributed by atoms with Crippen molar-refractivity contribution >= 4 is 57.2 Å². The molecule has 29 heavy (non-hydrogen) atoms. The fraction of sp³-hybridized carbons (Fsp3) is 0.409. The van der Waals surface area contributed by atoms with Gasteiger partial charge in [0.25, 0.3) is 0 Å². The van der Waals surface area contributed by atoms with E-state index in [1.165, 1.54) is 37.4 Å². The van der Waals surface area contributed by atoms with Crippen molar-refractivity contribution in [3.8, 4) is 0 Å². The zero-order valence-corrected chi connectivity index (χ0v) is 19.0. The van der Waals surface area contributed by atoms with Gasteiger partial charge in [-0.2, -0.15) is 0 Å². The molecule has 1 spiro atoms. The second kappa shape index (κ2) is 9.49. The van der Waals surface area contributed by atoms with Gasteiger partial charge in [0.2, 0.25) is 5.91 Å². The molecule has 4 rings (SSSR count). The lowest BCUT2D eigenvalue weighted by Gasteiger charge is -2.20. The van der Waals surface area contributed by atoms with Gasteiger partial charge < -0.3 is 5.32 Å². The van der Waals surface area contributed by atoms with E-state index in [1.54, 1.807) is 23.1 Å². The maximum Gasteiger partial charge on any atom is 0.234 e. The first-order chi connectivity index (χ1) is 14.2. The molecule has 4 nitrogen and oxygen atoms in total. The number of thioether (sulfide) groups is 2. The van der Waals surface area contributed by atoms with Crippen molar-refractivity contribution in [1.29, 1.82) is 0 Å². The Balaban J connectivity index is 1.47. The van der Waals surface area contributed by atoms with E-state index in [0.717, 1.165) is 39.1 Å². The minimum atomic E-state index is -0.304. The van der Waals surface area contributed by atoms with E-state index in [2.05, 4.69) is 16.8 Å². The fourth-order valence-electron chi connectivity index (χ4n) is 3.75. The van der Waals surface area contributed by atoms with Crippen LogP contribution in [-0.2, 0) is 4.79 Å². The molecule has 7 heteroatoms. The van der Waals surface area contributed by atoms with Crippen molar-refractivity contribution in [2.24, 2.45) is 9.98 Å². The molecular weight excluding hydrogens is 418 g/mol. The van der Waals surface area contributed by atoms with Gasteiger partial charge >= 0.3 is 0 Å². The van der Waals surface area contributed by atoms with Gasteiger partial charge in [0, 0.05) is 10.6 Å². The Hall–Kier alpha value is -1.57. The Morgan fingerprint density at radius 3 is 2.69 bits per heavy atom. The largest absolute Gasteiger partial charge is 0.325 e. The summed E-state index contributed by atoms with van der Waals surface area (Å²) in [6.07, 6.45) is 8.94. The second-order valence-corrected chi connectivity index (χ2v) is 10.1. The van der Waals surface area contributed by atoms with Crippen LogP contribution in [-0.4, -0.2) is 34.3 Å². The summed E-state index contributed by atoms with van der Waals surface area (Å²) >= 11 is 4.87. The van der Waals surface area contributed by atoms with Crippen LogP contribution in [0.1, 0.15) is 43.4 Å². The molecule has 0 radical (unpaired) electrons. The number of benzene rings is 1. The maximum absolute atomic E-state index is 12.6. The number of carbonyl (C=O) groups is 1. The summed E-state index contributed by atoms with van der Waals surface area (Å²) in [5.74, 6) is 0.325. The molecule has 2 aliphatic rings. The molecule has 1 aromatic carbocycles. The van der Waals surface area contributed by atoms with Crippen LogP contribution in [0.15, 0.2) is 56.7 Å². The third-order valence-electron chi connectivity index (χ3n) is 5.18. The number of aliphatic imine (C=N–C) groups is 2. The molecule has 1 N–H and O–H groups in total. The number of nitrogens with zero attached hydrogens (tertiary/aromatic N) is 2. The normalized spacial score (nSPS) is 18.2. The van der Waals surface area contributed by atoms with Gasteiger partial charge in [-0.25, -0.2) is 4.99 Å². The third-order valence-corrected chi connectivity index (χ3v) is 7.75. The fourth-order valence-corrected chi connectivity index (χ4v) is 5.85. The lowest BCUT2D eigenvalue weighted by molar-refractivity contribution is -0.113.